The van der Waals surface area contributed by atoms with Crippen LogP contribution in [0, 0.1) is 0 Å². The first kappa shape index (κ1) is 25.8. The standard InChI is InChI=1S/C29H23BrN2O5/c1-36-26-18-20(12-17-25(26)37-27(33)21-13-15-24(30)16-14-21)19-31-32-28(34)29(35,22-8-4-2-5-9-22)23-10-6-3-7-11-23/h2-19,35H,1H3,(H,32,34)/b31-19+. The van der Waals surface area contributed by atoms with E-state index in [9.17, 15) is 14.7 Å². The summed E-state index contributed by atoms with van der Waals surface area (Å²) in [6.45, 7) is 0. The van der Waals surface area contributed by atoms with E-state index < -0.39 is 17.5 Å². The molecule has 0 aliphatic heterocycles. The van der Waals surface area contributed by atoms with Gasteiger partial charge in [0.2, 0.25) is 0 Å². The second-order valence-corrected chi connectivity index (χ2v) is 8.86. The van der Waals surface area contributed by atoms with Crippen LogP contribution in [-0.4, -0.2) is 30.3 Å². The van der Waals surface area contributed by atoms with E-state index in [1.54, 1.807) is 103 Å². The summed E-state index contributed by atoms with van der Waals surface area (Å²) in [7, 11) is 1.45. The Balaban J connectivity index is 1.50. The Kier molecular flexibility index (Phi) is 8.12. The normalized spacial score (nSPS) is 11.2. The Bertz CT molecular complexity index is 1370. The van der Waals surface area contributed by atoms with E-state index in [2.05, 4.69) is 26.5 Å². The Morgan fingerprint density at radius 1 is 0.865 bits per heavy atom. The van der Waals surface area contributed by atoms with Crippen LogP contribution >= 0.6 is 15.9 Å². The quantitative estimate of drug-likeness (QED) is 0.136. The van der Waals surface area contributed by atoms with Crippen molar-refractivity contribution in [2.45, 2.75) is 5.60 Å². The van der Waals surface area contributed by atoms with E-state index in [1.165, 1.54) is 13.3 Å². The minimum Gasteiger partial charge on any atom is -0.493 e. The van der Waals surface area contributed by atoms with Gasteiger partial charge in [-0.05, 0) is 59.2 Å². The summed E-state index contributed by atoms with van der Waals surface area (Å²) in [6, 6.07) is 28.9. The molecule has 186 valence electrons. The molecule has 0 fully saturated rings. The highest BCUT2D eigenvalue weighted by Gasteiger charge is 2.39. The molecule has 4 rings (SSSR count). The van der Waals surface area contributed by atoms with E-state index in [1.807, 2.05) is 0 Å². The predicted octanol–water partition coefficient (Wildman–Crippen LogP) is 5.06. The van der Waals surface area contributed by atoms with Crippen molar-refractivity contribution < 1.29 is 24.2 Å². The van der Waals surface area contributed by atoms with Crippen molar-refractivity contribution in [2.75, 3.05) is 7.11 Å². The lowest BCUT2D eigenvalue weighted by Crippen LogP contribution is -2.43. The maximum absolute atomic E-state index is 13.2. The number of hydrogen-bond donors (Lipinski definition) is 2. The summed E-state index contributed by atoms with van der Waals surface area (Å²) < 4.78 is 11.7. The number of carbonyl (C=O) groups is 2. The van der Waals surface area contributed by atoms with E-state index in [0.717, 1.165) is 4.47 Å². The highest BCUT2D eigenvalue weighted by Crippen LogP contribution is 2.30. The van der Waals surface area contributed by atoms with Crippen LogP contribution < -0.4 is 14.9 Å². The Morgan fingerprint density at radius 2 is 1.46 bits per heavy atom. The Labute approximate surface area is 222 Å². The second kappa shape index (κ2) is 11.6. The van der Waals surface area contributed by atoms with Crippen LogP contribution in [0.5, 0.6) is 11.5 Å². The zero-order chi connectivity index (χ0) is 26.3. The number of aliphatic hydroxyl groups is 1. The fourth-order valence-corrected chi connectivity index (χ4v) is 3.89. The van der Waals surface area contributed by atoms with Gasteiger partial charge in [-0.25, -0.2) is 10.2 Å². The van der Waals surface area contributed by atoms with Crippen LogP contribution in [0.15, 0.2) is 113 Å². The van der Waals surface area contributed by atoms with Crippen LogP contribution in [0.2, 0.25) is 0 Å². The number of carbonyl (C=O) groups excluding carboxylic acids is 2. The maximum atomic E-state index is 13.2. The molecule has 0 saturated carbocycles. The van der Waals surface area contributed by atoms with Gasteiger partial charge in [-0.2, -0.15) is 5.10 Å². The summed E-state index contributed by atoms with van der Waals surface area (Å²) in [5.74, 6) is -0.696. The summed E-state index contributed by atoms with van der Waals surface area (Å²) in [5, 5.41) is 15.5. The molecule has 4 aromatic rings. The lowest BCUT2D eigenvalue weighted by molar-refractivity contribution is -0.136. The number of hydrazone groups is 1. The first-order valence-electron chi connectivity index (χ1n) is 11.2. The summed E-state index contributed by atoms with van der Waals surface area (Å²) >= 11 is 3.33. The van der Waals surface area contributed by atoms with E-state index >= 15 is 0 Å². The zero-order valence-corrected chi connectivity index (χ0v) is 21.4. The van der Waals surface area contributed by atoms with Crippen LogP contribution in [0.4, 0.5) is 0 Å². The molecule has 0 radical (unpaired) electrons. The maximum Gasteiger partial charge on any atom is 0.343 e. The molecule has 2 N–H and O–H groups in total. The molecule has 8 heteroatoms. The first-order chi connectivity index (χ1) is 17.9. The molecule has 0 aliphatic rings. The number of halogens is 1. The third kappa shape index (κ3) is 5.94. The van der Waals surface area contributed by atoms with Crippen molar-refractivity contribution in [1.82, 2.24) is 5.43 Å². The van der Waals surface area contributed by atoms with Gasteiger partial charge in [0.05, 0.1) is 18.9 Å². The van der Waals surface area contributed by atoms with Crippen LogP contribution in [0.3, 0.4) is 0 Å². The summed E-state index contributed by atoms with van der Waals surface area (Å²) in [5.41, 5.74) is 2.27. The number of nitrogens with one attached hydrogen (secondary N) is 1. The van der Waals surface area contributed by atoms with Gasteiger partial charge in [-0.15, -0.1) is 0 Å². The van der Waals surface area contributed by atoms with Gasteiger partial charge in [-0.1, -0.05) is 76.6 Å². The van der Waals surface area contributed by atoms with Gasteiger partial charge in [0.25, 0.3) is 5.91 Å². The lowest BCUT2D eigenvalue weighted by atomic mass is 9.85. The van der Waals surface area contributed by atoms with Gasteiger partial charge in [-0.3, -0.25) is 4.79 Å². The number of rotatable bonds is 8. The Morgan fingerprint density at radius 3 is 2.03 bits per heavy atom. The van der Waals surface area contributed by atoms with Crippen molar-refractivity contribution in [3.8, 4) is 11.5 Å². The number of ether oxygens (including phenoxy) is 2. The molecule has 1 amide bonds. The number of amides is 1. The molecular formula is C29H23BrN2O5. The summed E-state index contributed by atoms with van der Waals surface area (Å²) in [6.07, 6.45) is 1.40. The minimum absolute atomic E-state index is 0.235. The minimum atomic E-state index is -1.94. The monoisotopic (exact) mass is 558 g/mol. The second-order valence-electron chi connectivity index (χ2n) is 7.95. The average molecular weight is 559 g/mol. The molecule has 0 atom stereocenters. The molecule has 4 aromatic carbocycles. The highest BCUT2D eigenvalue weighted by molar-refractivity contribution is 9.10. The van der Waals surface area contributed by atoms with Crippen LogP contribution in [-0.2, 0) is 10.4 Å². The molecule has 0 spiro atoms. The van der Waals surface area contributed by atoms with Crippen molar-refractivity contribution in [2.24, 2.45) is 5.10 Å². The molecule has 0 aromatic heterocycles. The number of methoxy groups -OCH3 is 1. The van der Waals surface area contributed by atoms with Crippen molar-refractivity contribution in [3.63, 3.8) is 0 Å². The average Bonchev–Trinajstić information content (AvgIpc) is 2.94. The third-order valence-electron chi connectivity index (χ3n) is 5.56. The van der Waals surface area contributed by atoms with E-state index in [-0.39, 0.29) is 5.75 Å². The van der Waals surface area contributed by atoms with Gasteiger partial charge in [0, 0.05) is 4.47 Å². The number of esters is 1. The largest absolute Gasteiger partial charge is 0.493 e. The number of hydrogen-bond acceptors (Lipinski definition) is 6. The number of nitrogens with zero attached hydrogens (tertiary/aromatic N) is 1. The predicted molar refractivity (Wildman–Crippen MR) is 144 cm³/mol. The summed E-state index contributed by atoms with van der Waals surface area (Å²) in [4.78, 5) is 25.6. The molecule has 0 unspecified atom stereocenters. The first-order valence-corrected chi connectivity index (χ1v) is 12.0. The lowest BCUT2D eigenvalue weighted by Gasteiger charge is -2.27. The molecule has 0 saturated heterocycles. The molecule has 37 heavy (non-hydrogen) atoms. The van der Waals surface area contributed by atoms with Crippen LogP contribution in [0.1, 0.15) is 27.0 Å². The SMILES string of the molecule is COc1cc(/C=N/NC(=O)C(O)(c2ccccc2)c2ccccc2)ccc1OC(=O)c1ccc(Br)cc1. The molecule has 0 aliphatic carbocycles. The van der Waals surface area contributed by atoms with Gasteiger partial charge in [0.1, 0.15) is 0 Å². The van der Waals surface area contributed by atoms with Crippen molar-refractivity contribution in [1.29, 1.82) is 0 Å². The topological polar surface area (TPSA) is 97.2 Å². The van der Waals surface area contributed by atoms with E-state index in [4.69, 9.17) is 9.47 Å². The van der Waals surface area contributed by atoms with Gasteiger partial charge >= 0.3 is 5.97 Å². The Hall–Kier alpha value is -4.27. The molecular weight excluding hydrogens is 536 g/mol. The molecule has 0 bridgehead atoms. The third-order valence-corrected chi connectivity index (χ3v) is 6.09. The van der Waals surface area contributed by atoms with Gasteiger partial charge in [0.15, 0.2) is 17.1 Å². The van der Waals surface area contributed by atoms with E-state index in [0.29, 0.717) is 28.0 Å². The molecule has 7 nitrogen and oxygen atoms in total. The fourth-order valence-electron chi connectivity index (χ4n) is 3.63. The van der Waals surface area contributed by atoms with Crippen LogP contribution in [0.25, 0.3) is 0 Å². The van der Waals surface area contributed by atoms with Crippen molar-refractivity contribution in [3.05, 3.63) is 130 Å². The van der Waals surface area contributed by atoms with Gasteiger partial charge < -0.3 is 14.6 Å². The zero-order valence-electron chi connectivity index (χ0n) is 19.8. The number of benzene rings is 4. The van der Waals surface area contributed by atoms with Crippen molar-refractivity contribution >= 4 is 34.0 Å². The fraction of sp³-hybridized carbons (Fsp3) is 0.0690. The smallest absolute Gasteiger partial charge is 0.343 e. The molecule has 0 heterocycles. The highest BCUT2D eigenvalue weighted by atomic mass is 79.9.